The zero-order valence-electron chi connectivity index (χ0n) is 7.47. The Labute approximate surface area is 71.4 Å². The molecule has 0 fully saturated rings. The van der Waals surface area contributed by atoms with Gasteiger partial charge in [0.2, 0.25) is 0 Å². The maximum absolute atomic E-state index is 13.0. The lowest BCUT2D eigenvalue weighted by atomic mass is 10.1. The Balaban J connectivity index is 3.02. The zero-order chi connectivity index (χ0) is 9.14. The van der Waals surface area contributed by atoms with Crippen molar-refractivity contribution in [1.29, 1.82) is 0 Å². The minimum Gasteiger partial charge on any atom is -0.492 e. The molecule has 3 heteroatoms. The summed E-state index contributed by atoms with van der Waals surface area (Å²) >= 11 is 0. The van der Waals surface area contributed by atoms with Crippen molar-refractivity contribution in [1.82, 2.24) is 4.98 Å². The van der Waals surface area contributed by atoms with E-state index < -0.39 is 5.95 Å². The van der Waals surface area contributed by atoms with E-state index in [0.717, 1.165) is 5.69 Å². The molecular weight excluding hydrogens is 157 g/mol. The maximum atomic E-state index is 13.0. The van der Waals surface area contributed by atoms with Crippen molar-refractivity contribution in [2.24, 2.45) is 0 Å². The third-order valence-electron chi connectivity index (χ3n) is 1.65. The van der Waals surface area contributed by atoms with Gasteiger partial charge in [-0.05, 0) is 18.1 Å². The highest BCUT2D eigenvalue weighted by Crippen LogP contribution is 2.18. The number of methoxy groups -OCH3 is 1. The largest absolute Gasteiger partial charge is 0.492 e. The standard InChI is InChI=1S/C9H12FNO/c1-6(2)7-4-5-8(12-3)9(10)11-7/h4-6H,1-3H3. The Kier molecular flexibility index (Phi) is 2.63. The van der Waals surface area contributed by atoms with Crippen LogP contribution in [0.2, 0.25) is 0 Å². The molecule has 0 amide bonds. The molecule has 0 saturated carbocycles. The first-order valence-corrected chi connectivity index (χ1v) is 3.85. The molecule has 66 valence electrons. The van der Waals surface area contributed by atoms with Crippen LogP contribution in [0.5, 0.6) is 5.75 Å². The summed E-state index contributed by atoms with van der Waals surface area (Å²) in [5.74, 6) is -0.103. The zero-order valence-corrected chi connectivity index (χ0v) is 7.47. The van der Waals surface area contributed by atoms with E-state index in [9.17, 15) is 4.39 Å². The van der Waals surface area contributed by atoms with Crippen LogP contribution in [0.1, 0.15) is 25.5 Å². The van der Waals surface area contributed by atoms with E-state index in [4.69, 9.17) is 4.74 Å². The fourth-order valence-electron chi connectivity index (χ4n) is 0.909. The van der Waals surface area contributed by atoms with Crippen LogP contribution in [0.4, 0.5) is 4.39 Å². The molecule has 0 N–H and O–H groups in total. The maximum Gasteiger partial charge on any atom is 0.255 e. The molecule has 2 nitrogen and oxygen atoms in total. The number of rotatable bonds is 2. The van der Waals surface area contributed by atoms with Gasteiger partial charge in [-0.3, -0.25) is 0 Å². The van der Waals surface area contributed by atoms with E-state index in [2.05, 4.69) is 4.98 Å². The minimum absolute atomic E-state index is 0.194. The summed E-state index contributed by atoms with van der Waals surface area (Å²) in [6, 6.07) is 3.37. The Morgan fingerprint density at radius 2 is 2.08 bits per heavy atom. The number of pyridine rings is 1. The van der Waals surface area contributed by atoms with Crippen molar-refractivity contribution in [3.63, 3.8) is 0 Å². The predicted octanol–water partition coefficient (Wildman–Crippen LogP) is 2.35. The summed E-state index contributed by atoms with van der Waals surface area (Å²) in [7, 11) is 1.43. The quantitative estimate of drug-likeness (QED) is 0.634. The van der Waals surface area contributed by atoms with Gasteiger partial charge in [-0.2, -0.15) is 4.39 Å². The lowest BCUT2D eigenvalue weighted by Crippen LogP contribution is -1.97. The average molecular weight is 169 g/mol. The van der Waals surface area contributed by atoms with E-state index in [1.54, 1.807) is 12.1 Å². The summed E-state index contributed by atoms with van der Waals surface area (Å²) in [4.78, 5) is 3.75. The fraction of sp³-hybridized carbons (Fsp3) is 0.444. The summed E-state index contributed by atoms with van der Waals surface area (Å²) in [6.45, 7) is 3.93. The second-order valence-corrected chi connectivity index (χ2v) is 2.88. The van der Waals surface area contributed by atoms with Crippen LogP contribution in [0.15, 0.2) is 12.1 Å². The molecule has 0 aromatic carbocycles. The first-order chi connectivity index (χ1) is 5.65. The Hall–Kier alpha value is -1.12. The molecule has 1 aromatic rings. The smallest absolute Gasteiger partial charge is 0.255 e. The molecule has 12 heavy (non-hydrogen) atoms. The molecule has 0 bridgehead atoms. The fourth-order valence-corrected chi connectivity index (χ4v) is 0.909. The van der Waals surface area contributed by atoms with Gasteiger partial charge in [-0.25, -0.2) is 4.98 Å². The molecule has 0 atom stereocenters. The molecule has 0 spiro atoms. The van der Waals surface area contributed by atoms with Gasteiger partial charge in [-0.1, -0.05) is 13.8 Å². The normalized spacial score (nSPS) is 10.4. The lowest BCUT2D eigenvalue weighted by molar-refractivity contribution is 0.376. The lowest BCUT2D eigenvalue weighted by Gasteiger charge is -2.05. The monoisotopic (exact) mass is 169 g/mol. The third-order valence-corrected chi connectivity index (χ3v) is 1.65. The number of halogens is 1. The predicted molar refractivity (Wildman–Crippen MR) is 44.8 cm³/mol. The van der Waals surface area contributed by atoms with Crippen LogP contribution in [0, 0.1) is 5.95 Å². The van der Waals surface area contributed by atoms with Crippen molar-refractivity contribution in [2.45, 2.75) is 19.8 Å². The van der Waals surface area contributed by atoms with Crippen molar-refractivity contribution >= 4 is 0 Å². The summed E-state index contributed by atoms with van der Waals surface area (Å²) in [5.41, 5.74) is 0.744. The highest BCUT2D eigenvalue weighted by atomic mass is 19.1. The van der Waals surface area contributed by atoms with Crippen LogP contribution in [-0.2, 0) is 0 Å². The van der Waals surface area contributed by atoms with Crippen LogP contribution in [0.25, 0.3) is 0 Å². The van der Waals surface area contributed by atoms with Gasteiger partial charge in [0, 0.05) is 5.69 Å². The second kappa shape index (κ2) is 3.52. The van der Waals surface area contributed by atoms with E-state index >= 15 is 0 Å². The number of ether oxygens (including phenoxy) is 1. The van der Waals surface area contributed by atoms with Gasteiger partial charge in [0.1, 0.15) is 0 Å². The Morgan fingerprint density at radius 3 is 2.50 bits per heavy atom. The van der Waals surface area contributed by atoms with Crippen LogP contribution < -0.4 is 4.74 Å². The molecule has 0 aliphatic carbocycles. The van der Waals surface area contributed by atoms with Gasteiger partial charge in [-0.15, -0.1) is 0 Å². The van der Waals surface area contributed by atoms with E-state index in [0.29, 0.717) is 0 Å². The summed E-state index contributed by atoms with van der Waals surface area (Å²) in [5, 5.41) is 0. The first-order valence-electron chi connectivity index (χ1n) is 3.85. The molecule has 0 unspecified atom stereocenters. The van der Waals surface area contributed by atoms with Gasteiger partial charge in [0.15, 0.2) is 5.75 Å². The number of hydrogen-bond donors (Lipinski definition) is 0. The van der Waals surface area contributed by atoms with Gasteiger partial charge >= 0.3 is 0 Å². The number of hydrogen-bond acceptors (Lipinski definition) is 2. The molecule has 1 heterocycles. The highest BCUT2D eigenvalue weighted by Gasteiger charge is 2.06. The molecule has 0 saturated heterocycles. The van der Waals surface area contributed by atoms with Crippen molar-refractivity contribution in [2.75, 3.05) is 7.11 Å². The van der Waals surface area contributed by atoms with Crippen LogP contribution in [-0.4, -0.2) is 12.1 Å². The number of aromatic nitrogens is 1. The highest BCUT2D eigenvalue weighted by molar-refractivity contribution is 5.22. The molecule has 0 radical (unpaired) electrons. The van der Waals surface area contributed by atoms with E-state index in [1.807, 2.05) is 13.8 Å². The first kappa shape index (κ1) is 8.97. The van der Waals surface area contributed by atoms with E-state index in [1.165, 1.54) is 7.11 Å². The topological polar surface area (TPSA) is 22.1 Å². The van der Waals surface area contributed by atoms with Gasteiger partial charge < -0.3 is 4.74 Å². The van der Waals surface area contributed by atoms with E-state index in [-0.39, 0.29) is 11.7 Å². The Bertz CT molecular complexity index is 273. The summed E-state index contributed by atoms with van der Waals surface area (Å²) < 4.78 is 17.7. The number of nitrogens with zero attached hydrogens (tertiary/aromatic N) is 1. The Morgan fingerprint density at radius 1 is 1.42 bits per heavy atom. The van der Waals surface area contributed by atoms with Crippen molar-refractivity contribution in [3.05, 3.63) is 23.8 Å². The third kappa shape index (κ3) is 1.72. The molecule has 1 aromatic heterocycles. The average Bonchev–Trinajstić information content (AvgIpc) is 2.04. The summed E-state index contributed by atoms with van der Waals surface area (Å²) in [6.07, 6.45) is 0. The van der Waals surface area contributed by atoms with Crippen molar-refractivity contribution in [3.8, 4) is 5.75 Å². The minimum atomic E-state index is -0.538. The van der Waals surface area contributed by atoms with Gasteiger partial charge in [0.25, 0.3) is 5.95 Å². The molecule has 0 aliphatic heterocycles. The SMILES string of the molecule is COc1ccc(C(C)C)nc1F. The molecule has 1 rings (SSSR count). The van der Waals surface area contributed by atoms with Crippen LogP contribution in [0.3, 0.4) is 0 Å². The van der Waals surface area contributed by atoms with Crippen molar-refractivity contribution < 1.29 is 9.13 Å². The molecule has 0 aliphatic rings. The van der Waals surface area contributed by atoms with Gasteiger partial charge in [0.05, 0.1) is 7.11 Å². The second-order valence-electron chi connectivity index (χ2n) is 2.88. The molecular formula is C9H12FNO. The van der Waals surface area contributed by atoms with Crippen LogP contribution >= 0.6 is 0 Å².